The maximum absolute atomic E-state index is 11.8. The Morgan fingerprint density at radius 1 is 0.722 bits per heavy atom. The highest BCUT2D eigenvalue weighted by Gasteiger charge is 2.52. The topological polar surface area (TPSA) is 150 Å². The van der Waals surface area contributed by atoms with E-state index in [-0.39, 0.29) is 13.2 Å². The van der Waals surface area contributed by atoms with Crippen molar-refractivity contribution in [1.82, 2.24) is 0 Å². The standard InChI is InChI=1S/C24H30O12/c1-13(25)31-12-20-21(33-15(3)27)22(34-16(4)28)23(35-17(5)29)24(36-20)30-11-10-18-6-8-19(9-7-18)32-14(2)26/h6-9,20-24H,10-12H2,1-5H3/t20-,21-,22+,23-,24-/m1/s1. The molecule has 0 radical (unpaired) electrons. The molecule has 12 nitrogen and oxygen atoms in total. The fourth-order valence-corrected chi connectivity index (χ4v) is 3.51. The third kappa shape index (κ3) is 9.27. The predicted molar refractivity (Wildman–Crippen MR) is 119 cm³/mol. The van der Waals surface area contributed by atoms with Crippen LogP contribution in [0.3, 0.4) is 0 Å². The molecule has 0 saturated carbocycles. The quantitative estimate of drug-likeness (QED) is 0.253. The van der Waals surface area contributed by atoms with Crippen molar-refractivity contribution in [2.24, 2.45) is 0 Å². The van der Waals surface area contributed by atoms with Gasteiger partial charge < -0.3 is 33.2 Å². The first-order chi connectivity index (χ1) is 17.0. The van der Waals surface area contributed by atoms with Crippen LogP contribution in [0, 0.1) is 0 Å². The maximum atomic E-state index is 11.8. The third-order valence-corrected chi connectivity index (χ3v) is 4.81. The molecule has 0 unspecified atom stereocenters. The van der Waals surface area contributed by atoms with Gasteiger partial charge in [0.15, 0.2) is 24.6 Å². The van der Waals surface area contributed by atoms with Crippen LogP contribution in [0.1, 0.15) is 40.2 Å². The van der Waals surface area contributed by atoms with Gasteiger partial charge in [-0.3, -0.25) is 24.0 Å². The minimum absolute atomic E-state index is 0.0840. The van der Waals surface area contributed by atoms with Crippen LogP contribution in [0.5, 0.6) is 5.75 Å². The largest absolute Gasteiger partial charge is 0.463 e. The molecule has 198 valence electrons. The summed E-state index contributed by atoms with van der Waals surface area (Å²) in [7, 11) is 0. The molecule has 0 aromatic heterocycles. The van der Waals surface area contributed by atoms with E-state index in [0.717, 1.165) is 26.3 Å². The van der Waals surface area contributed by atoms with E-state index in [2.05, 4.69) is 0 Å². The molecular weight excluding hydrogens is 480 g/mol. The number of hydrogen-bond donors (Lipinski definition) is 0. The second-order valence-electron chi connectivity index (χ2n) is 7.93. The summed E-state index contributed by atoms with van der Waals surface area (Å²) in [4.78, 5) is 57.9. The molecule has 1 aromatic carbocycles. The summed E-state index contributed by atoms with van der Waals surface area (Å²) >= 11 is 0. The Balaban J connectivity index is 2.23. The summed E-state index contributed by atoms with van der Waals surface area (Å²) in [6.45, 7) is 5.67. The molecule has 1 fully saturated rings. The zero-order valence-corrected chi connectivity index (χ0v) is 20.7. The van der Waals surface area contributed by atoms with Gasteiger partial charge in [0.05, 0.1) is 6.61 Å². The van der Waals surface area contributed by atoms with Crippen LogP contribution in [0.4, 0.5) is 0 Å². The average molecular weight is 510 g/mol. The van der Waals surface area contributed by atoms with E-state index in [0.29, 0.717) is 12.2 Å². The van der Waals surface area contributed by atoms with E-state index in [1.165, 1.54) is 13.8 Å². The van der Waals surface area contributed by atoms with Crippen molar-refractivity contribution in [2.45, 2.75) is 71.7 Å². The van der Waals surface area contributed by atoms with Crippen molar-refractivity contribution in [3.05, 3.63) is 29.8 Å². The van der Waals surface area contributed by atoms with E-state index in [4.69, 9.17) is 33.2 Å². The minimum atomic E-state index is -1.29. The van der Waals surface area contributed by atoms with E-state index in [1.54, 1.807) is 24.3 Å². The molecule has 1 heterocycles. The highest BCUT2D eigenvalue weighted by atomic mass is 16.7. The van der Waals surface area contributed by atoms with Crippen LogP contribution in [0.25, 0.3) is 0 Å². The molecule has 0 spiro atoms. The number of rotatable bonds is 10. The van der Waals surface area contributed by atoms with Gasteiger partial charge in [-0.15, -0.1) is 0 Å². The number of carbonyl (C=O) groups excluding carboxylic acids is 5. The number of benzene rings is 1. The molecular formula is C24H30O12. The zero-order chi connectivity index (χ0) is 26.8. The lowest BCUT2D eigenvalue weighted by Gasteiger charge is -2.44. The normalized spacial score (nSPS) is 23.2. The Labute approximate surface area is 208 Å². The smallest absolute Gasteiger partial charge is 0.308 e. The molecule has 1 aliphatic rings. The molecule has 0 amide bonds. The average Bonchev–Trinajstić information content (AvgIpc) is 2.76. The van der Waals surface area contributed by atoms with Gasteiger partial charge in [-0.25, -0.2) is 0 Å². The summed E-state index contributed by atoms with van der Waals surface area (Å²) in [5.74, 6) is -2.81. The fraction of sp³-hybridized carbons (Fsp3) is 0.542. The van der Waals surface area contributed by atoms with Crippen LogP contribution in [0.15, 0.2) is 24.3 Å². The molecule has 12 heteroatoms. The van der Waals surface area contributed by atoms with E-state index in [1.807, 2.05) is 0 Å². The van der Waals surface area contributed by atoms with Crippen LogP contribution in [0.2, 0.25) is 0 Å². The summed E-state index contributed by atoms with van der Waals surface area (Å²) < 4.78 is 37.8. The predicted octanol–water partition coefficient (Wildman–Crippen LogP) is 1.25. The Kier molecular flexibility index (Phi) is 10.8. The first-order valence-corrected chi connectivity index (χ1v) is 11.2. The SMILES string of the molecule is CC(=O)OC[C@H]1O[C@@H](OCCc2ccc(OC(C)=O)cc2)[C@H](OC(C)=O)[C@@H](OC(C)=O)[C@@H]1OC(C)=O. The van der Waals surface area contributed by atoms with Gasteiger partial charge in [-0.05, 0) is 24.1 Å². The lowest BCUT2D eigenvalue weighted by Crippen LogP contribution is -2.63. The Morgan fingerprint density at radius 2 is 1.28 bits per heavy atom. The molecule has 1 saturated heterocycles. The van der Waals surface area contributed by atoms with Crippen molar-refractivity contribution >= 4 is 29.8 Å². The van der Waals surface area contributed by atoms with Crippen molar-refractivity contribution < 1.29 is 57.1 Å². The summed E-state index contributed by atoms with van der Waals surface area (Å²) in [5.41, 5.74) is 0.844. The van der Waals surface area contributed by atoms with Gasteiger partial charge in [0.1, 0.15) is 18.5 Å². The van der Waals surface area contributed by atoms with E-state index in [9.17, 15) is 24.0 Å². The van der Waals surface area contributed by atoms with Gasteiger partial charge in [-0.2, -0.15) is 0 Å². The fourth-order valence-electron chi connectivity index (χ4n) is 3.51. The van der Waals surface area contributed by atoms with Crippen LogP contribution >= 0.6 is 0 Å². The van der Waals surface area contributed by atoms with Gasteiger partial charge >= 0.3 is 29.8 Å². The van der Waals surface area contributed by atoms with Gasteiger partial charge in [0, 0.05) is 34.6 Å². The van der Waals surface area contributed by atoms with Gasteiger partial charge in [0.2, 0.25) is 0 Å². The zero-order valence-electron chi connectivity index (χ0n) is 20.7. The first kappa shape index (κ1) is 28.7. The number of ether oxygens (including phenoxy) is 7. The molecule has 0 N–H and O–H groups in total. The Morgan fingerprint density at radius 3 is 1.81 bits per heavy atom. The molecule has 0 bridgehead atoms. The summed E-state index contributed by atoms with van der Waals surface area (Å²) in [5, 5.41) is 0. The van der Waals surface area contributed by atoms with Gasteiger partial charge in [-0.1, -0.05) is 12.1 Å². The Bertz CT molecular complexity index is 941. The highest BCUT2D eigenvalue weighted by Crippen LogP contribution is 2.30. The maximum Gasteiger partial charge on any atom is 0.308 e. The molecule has 36 heavy (non-hydrogen) atoms. The Hall–Kier alpha value is -3.51. The first-order valence-electron chi connectivity index (χ1n) is 11.2. The molecule has 5 atom stereocenters. The molecule has 1 aliphatic heterocycles. The van der Waals surface area contributed by atoms with Crippen molar-refractivity contribution in [1.29, 1.82) is 0 Å². The third-order valence-electron chi connectivity index (χ3n) is 4.81. The highest BCUT2D eigenvalue weighted by molar-refractivity contribution is 5.69. The van der Waals surface area contributed by atoms with Gasteiger partial charge in [0.25, 0.3) is 0 Å². The lowest BCUT2D eigenvalue weighted by molar-refractivity contribution is -0.307. The summed E-state index contributed by atoms with van der Waals surface area (Å²) in [6.07, 6.45) is -5.75. The number of carbonyl (C=O) groups is 5. The van der Waals surface area contributed by atoms with Crippen molar-refractivity contribution in [3.63, 3.8) is 0 Å². The number of hydrogen-bond acceptors (Lipinski definition) is 12. The summed E-state index contributed by atoms with van der Waals surface area (Å²) in [6, 6.07) is 6.75. The van der Waals surface area contributed by atoms with Crippen LogP contribution < -0.4 is 4.74 Å². The van der Waals surface area contributed by atoms with E-state index < -0.39 is 60.6 Å². The van der Waals surface area contributed by atoms with Crippen molar-refractivity contribution in [3.8, 4) is 5.75 Å². The van der Waals surface area contributed by atoms with Crippen molar-refractivity contribution in [2.75, 3.05) is 13.2 Å². The van der Waals surface area contributed by atoms with Crippen LogP contribution in [-0.4, -0.2) is 73.8 Å². The second kappa shape index (κ2) is 13.5. The second-order valence-corrected chi connectivity index (χ2v) is 7.93. The molecule has 1 aromatic rings. The molecule has 2 rings (SSSR count). The monoisotopic (exact) mass is 510 g/mol. The lowest BCUT2D eigenvalue weighted by atomic mass is 9.98. The van der Waals surface area contributed by atoms with E-state index >= 15 is 0 Å². The van der Waals surface area contributed by atoms with Crippen LogP contribution in [-0.2, 0) is 58.8 Å². The molecule has 0 aliphatic carbocycles. The minimum Gasteiger partial charge on any atom is -0.463 e. The number of esters is 5.